The lowest BCUT2D eigenvalue weighted by Crippen LogP contribution is -2.47. The molecule has 2 aromatic carbocycles. The highest BCUT2D eigenvalue weighted by Crippen LogP contribution is 2.27. The normalized spacial score (nSPS) is 16.0. The zero-order valence-electron chi connectivity index (χ0n) is 27.3. The SMILES string of the molecule is CCOC(=O)c1cc(C(=O)Nc2cc(C)ccc2OCn2nc(C)cc2C)n(CC(=O)NC2CCCC[C@@H]2OCc2ccccc2)n1. The molecule has 2 heterocycles. The van der Waals surface area contributed by atoms with Crippen molar-refractivity contribution in [3.05, 3.63) is 94.6 Å². The Balaban J connectivity index is 1.31. The van der Waals surface area contributed by atoms with E-state index < -0.39 is 11.9 Å². The number of nitrogens with one attached hydrogen (secondary N) is 2. The molecule has 1 fully saturated rings. The number of aromatic nitrogens is 4. The highest BCUT2D eigenvalue weighted by atomic mass is 16.5. The maximum absolute atomic E-state index is 13.7. The fourth-order valence-electron chi connectivity index (χ4n) is 5.64. The number of carbonyl (C=O) groups is 3. The van der Waals surface area contributed by atoms with E-state index in [4.69, 9.17) is 14.2 Å². The number of hydrogen-bond donors (Lipinski definition) is 2. The van der Waals surface area contributed by atoms with Crippen LogP contribution in [0.2, 0.25) is 0 Å². The van der Waals surface area contributed by atoms with E-state index in [-0.39, 0.29) is 49.3 Å². The predicted molar refractivity (Wildman–Crippen MR) is 175 cm³/mol. The van der Waals surface area contributed by atoms with E-state index in [1.54, 1.807) is 23.7 Å². The minimum Gasteiger partial charge on any atom is -0.469 e. The Bertz CT molecular complexity index is 1700. The number of ether oxygens (including phenoxy) is 3. The molecular formula is C35H42N6O6. The van der Waals surface area contributed by atoms with Gasteiger partial charge >= 0.3 is 5.97 Å². The summed E-state index contributed by atoms with van der Waals surface area (Å²) in [7, 11) is 0. The highest BCUT2D eigenvalue weighted by Gasteiger charge is 2.29. The Morgan fingerprint density at radius 1 is 0.936 bits per heavy atom. The van der Waals surface area contributed by atoms with Crippen molar-refractivity contribution in [2.75, 3.05) is 11.9 Å². The van der Waals surface area contributed by atoms with Crippen LogP contribution in [0, 0.1) is 20.8 Å². The van der Waals surface area contributed by atoms with E-state index in [0.29, 0.717) is 18.0 Å². The minimum atomic E-state index is -0.688. The first-order chi connectivity index (χ1) is 22.7. The van der Waals surface area contributed by atoms with E-state index in [9.17, 15) is 14.4 Å². The van der Waals surface area contributed by atoms with Crippen LogP contribution in [0.5, 0.6) is 5.75 Å². The van der Waals surface area contributed by atoms with Crippen LogP contribution in [0.15, 0.2) is 60.7 Å². The molecule has 2 atom stereocenters. The average Bonchev–Trinajstić information content (AvgIpc) is 3.62. The van der Waals surface area contributed by atoms with Gasteiger partial charge in [-0.3, -0.25) is 9.59 Å². The van der Waals surface area contributed by atoms with Crippen molar-refractivity contribution in [3.8, 4) is 5.75 Å². The lowest BCUT2D eigenvalue weighted by molar-refractivity contribution is -0.124. The standard InChI is InChI=1S/C35H42N6O6/c1-5-45-35(44)29-19-30(34(43)37-28-17-23(2)15-16-32(28)47-22-41-25(4)18-24(3)38-41)40(39-29)20-33(42)36-27-13-9-10-14-31(27)46-21-26-11-7-6-8-12-26/h6-8,11-12,15-19,27,31H,5,9-10,13-14,20-22H2,1-4H3,(H,36,42)(H,37,43)/t27?,31-/m0/s1. The number of carbonyl (C=O) groups excluding carboxylic acids is 3. The van der Waals surface area contributed by atoms with Crippen LogP contribution in [-0.2, 0) is 34.2 Å². The number of hydrogen-bond acceptors (Lipinski definition) is 8. The van der Waals surface area contributed by atoms with Crippen molar-refractivity contribution < 1.29 is 28.6 Å². The molecule has 12 heteroatoms. The summed E-state index contributed by atoms with van der Waals surface area (Å²) in [6, 6.07) is 18.4. The van der Waals surface area contributed by atoms with Crippen molar-refractivity contribution in [3.63, 3.8) is 0 Å². The minimum absolute atomic E-state index is 0.0229. The number of nitrogens with zero attached hydrogens (tertiary/aromatic N) is 4. The lowest BCUT2D eigenvalue weighted by atomic mass is 9.92. The molecule has 1 saturated carbocycles. The Hall–Kier alpha value is -4.97. The van der Waals surface area contributed by atoms with Crippen molar-refractivity contribution in [1.82, 2.24) is 24.9 Å². The van der Waals surface area contributed by atoms with Gasteiger partial charge in [0.15, 0.2) is 12.4 Å². The van der Waals surface area contributed by atoms with Gasteiger partial charge in [0.05, 0.1) is 36.7 Å². The third-order valence-corrected chi connectivity index (χ3v) is 7.98. The Labute approximate surface area is 274 Å². The van der Waals surface area contributed by atoms with Crippen LogP contribution in [0.1, 0.15) is 76.1 Å². The second kappa shape index (κ2) is 15.5. The molecule has 0 aliphatic heterocycles. The third kappa shape index (κ3) is 8.85. The maximum atomic E-state index is 13.7. The molecule has 2 aromatic heterocycles. The molecule has 1 aliphatic carbocycles. The molecule has 1 aliphatic rings. The van der Waals surface area contributed by atoms with E-state index in [1.165, 1.54) is 10.7 Å². The van der Waals surface area contributed by atoms with Gasteiger partial charge in [0.25, 0.3) is 5.91 Å². The molecule has 0 bridgehead atoms. The first-order valence-electron chi connectivity index (χ1n) is 16.0. The summed E-state index contributed by atoms with van der Waals surface area (Å²) in [5.41, 5.74) is 4.15. The van der Waals surface area contributed by atoms with E-state index in [1.807, 2.05) is 63.2 Å². The molecule has 2 amide bonds. The Morgan fingerprint density at radius 2 is 1.72 bits per heavy atom. The predicted octanol–water partition coefficient (Wildman–Crippen LogP) is 5.11. The Kier molecular flexibility index (Phi) is 11.0. The molecule has 47 heavy (non-hydrogen) atoms. The molecule has 0 spiro atoms. The van der Waals surface area contributed by atoms with E-state index in [2.05, 4.69) is 20.8 Å². The molecule has 248 valence electrons. The second-order valence-corrected chi connectivity index (χ2v) is 11.7. The summed E-state index contributed by atoms with van der Waals surface area (Å²) < 4.78 is 20.3. The fourth-order valence-corrected chi connectivity index (χ4v) is 5.64. The van der Waals surface area contributed by atoms with Gasteiger partial charge in [-0.2, -0.15) is 10.2 Å². The van der Waals surface area contributed by atoms with Gasteiger partial charge in [-0.25, -0.2) is 14.2 Å². The summed E-state index contributed by atoms with van der Waals surface area (Å²) in [4.78, 5) is 39.7. The monoisotopic (exact) mass is 642 g/mol. The summed E-state index contributed by atoms with van der Waals surface area (Å²) in [6.45, 7) is 7.88. The van der Waals surface area contributed by atoms with E-state index >= 15 is 0 Å². The van der Waals surface area contributed by atoms with Crippen molar-refractivity contribution >= 4 is 23.5 Å². The van der Waals surface area contributed by atoms with Crippen molar-refractivity contribution in [1.29, 1.82) is 0 Å². The van der Waals surface area contributed by atoms with Gasteiger partial charge in [-0.1, -0.05) is 49.2 Å². The van der Waals surface area contributed by atoms with Crippen molar-refractivity contribution in [2.24, 2.45) is 0 Å². The number of amides is 2. The molecule has 0 radical (unpaired) electrons. The molecule has 12 nitrogen and oxygen atoms in total. The van der Waals surface area contributed by atoms with Gasteiger partial charge in [0, 0.05) is 11.8 Å². The van der Waals surface area contributed by atoms with E-state index in [0.717, 1.165) is 48.2 Å². The zero-order chi connectivity index (χ0) is 33.3. The topological polar surface area (TPSA) is 139 Å². The summed E-state index contributed by atoms with van der Waals surface area (Å²) in [5, 5.41) is 14.7. The summed E-state index contributed by atoms with van der Waals surface area (Å²) in [5.74, 6) is -1.16. The number of rotatable bonds is 13. The van der Waals surface area contributed by atoms with Gasteiger partial charge < -0.3 is 24.8 Å². The highest BCUT2D eigenvalue weighted by molar-refractivity contribution is 6.05. The van der Waals surface area contributed by atoms with Crippen LogP contribution in [-0.4, -0.2) is 56.1 Å². The molecule has 5 rings (SSSR count). The number of benzene rings is 2. The third-order valence-electron chi connectivity index (χ3n) is 7.98. The first-order valence-corrected chi connectivity index (χ1v) is 16.0. The molecule has 0 saturated heterocycles. The van der Waals surface area contributed by atoms with Crippen molar-refractivity contribution in [2.45, 2.75) is 85.4 Å². The van der Waals surface area contributed by atoms with Crippen LogP contribution in [0.4, 0.5) is 5.69 Å². The van der Waals surface area contributed by atoms with Gasteiger partial charge in [-0.15, -0.1) is 0 Å². The summed E-state index contributed by atoms with van der Waals surface area (Å²) >= 11 is 0. The van der Waals surface area contributed by atoms with Gasteiger partial charge in [-0.05, 0) is 69.9 Å². The zero-order valence-corrected chi connectivity index (χ0v) is 27.3. The number of esters is 1. The van der Waals surface area contributed by atoms with Gasteiger partial charge in [0.1, 0.15) is 18.0 Å². The van der Waals surface area contributed by atoms with Gasteiger partial charge in [0.2, 0.25) is 5.91 Å². The molecule has 2 N–H and O–H groups in total. The smallest absolute Gasteiger partial charge is 0.358 e. The largest absolute Gasteiger partial charge is 0.469 e. The van der Waals surface area contributed by atoms with Crippen LogP contribution < -0.4 is 15.4 Å². The number of aryl methyl sites for hydroxylation is 3. The average molecular weight is 643 g/mol. The lowest BCUT2D eigenvalue weighted by Gasteiger charge is -2.32. The maximum Gasteiger partial charge on any atom is 0.358 e. The fraction of sp³-hybridized carbons (Fsp3) is 0.400. The Morgan fingerprint density at radius 3 is 2.47 bits per heavy atom. The van der Waals surface area contributed by atoms with Crippen LogP contribution in [0.3, 0.4) is 0 Å². The molecule has 4 aromatic rings. The second-order valence-electron chi connectivity index (χ2n) is 11.7. The first kappa shape index (κ1) is 33.4. The quantitative estimate of drug-likeness (QED) is 0.192. The van der Waals surface area contributed by atoms with Crippen LogP contribution >= 0.6 is 0 Å². The molecule has 1 unspecified atom stereocenters. The summed E-state index contributed by atoms with van der Waals surface area (Å²) in [6.07, 6.45) is 3.46. The van der Waals surface area contributed by atoms with Crippen LogP contribution in [0.25, 0.3) is 0 Å². The number of anilines is 1. The molecular weight excluding hydrogens is 600 g/mol.